The summed E-state index contributed by atoms with van der Waals surface area (Å²) in [5.41, 5.74) is -0.423. The molecular weight excluding hydrogens is 270 g/mol. The molecule has 0 fully saturated rings. The number of carbonyl (C=O) groups is 1. The van der Waals surface area contributed by atoms with E-state index in [0.29, 0.717) is 32.8 Å². The molecule has 0 aliphatic rings. The monoisotopic (exact) mass is 303 g/mol. The molecule has 0 bridgehead atoms. The van der Waals surface area contributed by atoms with Gasteiger partial charge in [-0.2, -0.15) is 0 Å². The van der Waals surface area contributed by atoms with Gasteiger partial charge in [0.2, 0.25) is 0 Å². The highest BCUT2D eigenvalue weighted by Crippen LogP contribution is 2.08. The molecule has 5 heteroatoms. The van der Waals surface area contributed by atoms with Gasteiger partial charge in [-0.1, -0.05) is 0 Å². The quantitative estimate of drug-likeness (QED) is 0.433. The minimum atomic E-state index is -0.423. The molecule has 0 aliphatic heterocycles. The van der Waals surface area contributed by atoms with Gasteiger partial charge in [0, 0.05) is 26.2 Å². The van der Waals surface area contributed by atoms with Crippen LogP contribution in [0.3, 0.4) is 0 Å². The zero-order chi connectivity index (χ0) is 16.3. The van der Waals surface area contributed by atoms with Crippen LogP contribution in [-0.4, -0.2) is 62.0 Å². The number of nitrogens with zero attached hydrogens (tertiary/aromatic N) is 1. The van der Waals surface area contributed by atoms with Gasteiger partial charge in [0.25, 0.3) is 0 Å². The lowest BCUT2D eigenvalue weighted by Crippen LogP contribution is -2.34. The van der Waals surface area contributed by atoms with E-state index in [1.54, 1.807) is 0 Å². The van der Waals surface area contributed by atoms with E-state index in [0.717, 1.165) is 13.1 Å². The highest BCUT2D eigenvalue weighted by molar-refractivity contribution is 5.70. The summed E-state index contributed by atoms with van der Waals surface area (Å²) in [6, 6.07) is 0. The molecule has 0 saturated heterocycles. The third kappa shape index (κ3) is 14.1. The van der Waals surface area contributed by atoms with Crippen LogP contribution in [0.5, 0.6) is 0 Å². The standard InChI is InChI=1S/C16H33NO4/c1-7-19-12-10-17(11-13-20-14(2)3)9-8-15(18)21-16(4,5)6/h14H,7-13H2,1-6H3. The lowest BCUT2D eigenvalue weighted by atomic mass is 10.2. The van der Waals surface area contributed by atoms with Crippen molar-refractivity contribution < 1.29 is 19.0 Å². The van der Waals surface area contributed by atoms with Crippen molar-refractivity contribution >= 4 is 5.97 Å². The molecule has 0 atom stereocenters. The lowest BCUT2D eigenvalue weighted by Gasteiger charge is -2.24. The second kappa shape index (κ2) is 11.0. The minimum absolute atomic E-state index is 0.159. The van der Waals surface area contributed by atoms with Crippen molar-refractivity contribution in [2.24, 2.45) is 0 Å². The molecule has 0 aromatic rings. The van der Waals surface area contributed by atoms with Crippen molar-refractivity contribution in [1.82, 2.24) is 4.90 Å². The van der Waals surface area contributed by atoms with Gasteiger partial charge in [0.1, 0.15) is 5.60 Å². The average Bonchev–Trinajstić information content (AvgIpc) is 2.33. The Morgan fingerprint density at radius 1 is 1.10 bits per heavy atom. The molecule has 21 heavy (non-hydrogen) atoms. The molecule has 0 N–H and O–H groups in total. The molecule has 0 aliphatic carbocycles. The molecular formula is C16H33NO4. The Morgan fingerprint density at radius 3 is 2.24 bits per heavy atom. The number of hydrogen-bond donors (Lipinski definition) is 0. The molecule has 0 aromatic heterocycles. The minimum Gasteiger partial charge on any atom is -0.460 e. The van der Waals surface area contributed by atoms with Gasteiger partial charge in [-0.25, -0.2) is 0 Å². The van der Waals surface area contributed by atoms with Crippen LogP contribution < -0.4 is 0 Å². The van der Waals surface area contributed by atoms with E-state index in [2.05, 4.69) is 4.90 Å². The average molecular weight is 303 g/mol. The maximum atomic E-state index is 11.8. The van der Waals surface area contributed by atoms with Crippen LogP contribution in [0, 0.1) is 0 Å². The van der Waals surface area contributed by atoms with E-state index >= 15 is 0 Å². The molecule has 0 amide bonds. The second-order valence-corrected chi connectivity index (χ2v) is 6.29. The summed E-state index contributed by atoms with van der Waals surface area (Å²) in [6.45, 7) is 16.0. The van der Waals surface area contributed by atoms with Crippen LogP contribution in [0.2, 0.25) is 0 Å². The van der Waals surface area contributed by atoms with E-state index in [4.69, 9.17) is 14.2 Å². The fourth-order valence-electron chi connectivity index (χ4n) is 1.73. The first-order valence-corrected chi connectivity index (χ1v) is 7.88. The normalized spacial score (nSPS) is 12.2. The Labute approximate surface area is 129 Å². The van der Waals surface area contributed by atoms with E-state index in [-0.39, 0.29) is 12.1 Å². The van der Waals surface area contributed by atoms with Crippen molar-refractivity contribution in [2.45, 2.75) is 59.7 Å². The Bertz CT molecular complexity index is 274. The number of ether oxygens (including phenoxy) is 3. The molecule has 0 unspecified atom stereocenters. The van der Waals surface area contributed by atoms with Gasteiger partial charge < -0.3 is 14.2 Å². The topological polar surface area (TPSA) is 48.0 Å². The molecule has 0 saturated carbocycles. The van der Waals surface area contributed by atoms with Crippen molar-refractivity contribution in [3.8, 4) is 0 Å². The van der Waals surface area contributed by atoms with Crippen LogP contribution in [0.4, 0.5) is 0 Å². The molecule has 126 valence electrons. The molecule has 0 spiro atoms. The molecule has 0 aromatic carbocycles. The molecule has 0 heterocycles. The first-order chi connectivity index (χ1) is 9.74. The Balaban J connectivity index is 4.09. The maximum absolute atomic E-state index is 11.8. The molecule has 0 radical (unpaired) electrons. The molecule has 5 nitrogen and oxygen atoms in total. The van der Waals surface area contributed by atoms with E-state index in [1.807, 2.05) is 41.5 Å². The number of hydrogen-bond acceptors (Lipinski definition) is 5. The van der Waals surface area contributed by atoms with Gasteiger partial charge in [0.05, 0.1) is 25.7 Å². The summed E-state index contributed by atoms with van der Waals surface area (Å²) in [7, 11) is 0. The number of esters is 1. The number of rotatable bonds is 11. The predicted octanol–water partition coefficient (Wildman–Crippen LogP) is 2.48. The zero-order valence-electron chi connectivity index (χ0n) is 14.6. The zero-order valence-corrected chi connectivity index (χ0v) is 14.6. The molecule has 0 rings (SSSR count). The van der Waals surface area contributed by atoms with Gasteiger partial charge in [-0.15, -0.1) is 0 Å². The van der Waals surface area contributed by atoms with Crippen LogP contribution in [0.15, 0.2) is 0 Å². The maximum Gasteiger partial charge on any atom is 0.307 e. The Kier molecular flexibility index (Phi) is 10.6. The SMILES string of the molecule is CCOCCN(CCOC(C)C)CCC(=O)OC(C)(C)C. The van der Waals surface area contributed by atoms with Crippen molar-refractivity contribution in [1.29, 1.82) is 0 Å². The Hall–Kier alpha value is -0.650. The number of carbonyl (C=O) groups excluding carboxylic acids is 1. The smallest absolute Gasteiger partial charge is 0.307 e. The van der Waals surface area contributed by atoms with E-state index in [9.17, 15) is 4.79 Å². The van der Waals surface area contributed by atoms with Crippen LogP contribution >= 0.6 is 0 Å². The van der Waals surface area contributed by atoms with E-state index in [1.165, 1.54) is 0 Å². The summed E-state index contributed by atoms with van der Waals surface area (Å²) in [6.07, 6.45) is 0.620. The van der Waals surface area contributed by atoms with Gasteiger partial charge in [-0.05, 0) is 41.5 Å². The fourth-order valence-corrected chi connectivity index (χ4v) is 1.73. The van der Waals surface area contributed by atoms with Gasteiger partial charge in [0.15, 0.2) is 0 Å². The lowest BCUT2D eigenvalue weighted by molar-refractivity contribution is -0.155. The largest absolute Gasteiger partial charge is 0.460 e. The summed E-state index contributed by atoms with van der Waals surface area (Å²) in [5.74, 6) is -0.159. The second-order valence-electron chi connectivity index (χ2n) is 6.29. The van der Waals surface area contributed by atoms with Gasteiger partial charge in [-0.3, -0.25) is 9.69 Å². The third-order valence-electron chi connectivity index (χ3n) is 2.67. The van der Waals surface area contributed by atoms with Crippen LogP contribution in [0.1, 0.15) is 48.0 Å². The highest BCUT2D eigenvalue weighted by Gasteiger charge is 2.17. The summed E-state index contributed by atoms with van der Waals surface area (Å²) in [4.78, 5) is 13.9. The summed E-state index contributed by atoms with van der Waals surface area (Å²) in [5, 5.41) is 0. The summed E-state index contributed by atoms with van der Waals surface area (Å²) >= 11 is 0. The Morgan fingerprint density at radius 2 is 1.71 bits per heavy atom. The highest BCUT2D eigenvalue weighted by atomic mass is 16.6. The van der Waals surface area contributed by atoms with E-state index < -0.39 is 5.60 Å². The third-order valence-corrected chi connectivity index (χ3v) is 2.67. The predicted molar refractivity (Wildman–Crippen MR) is 84.5 cm³/mol. The summed E-state index contributed by atoms with van der Waals surface area (Å²) < 4.78 is 16.3. The van der Waals surface area contributed by atoms with Crippen LogP contribution in [0.25, 0.3) is 0 Å². The van der Waals surface area contributed by atoms with Crippen molar-refractivity contribution in [2.75, 3.05) is 39.5 Å². The fraction of sp³-hybridized carbons (Fsp3) is 0.938. The van der Waals surface area contributed by atoms with Gasteiger partial charge >= 0.3 is 5.97 Å². The van der Waals surface area contributed by atoms with Crippen molar-refractivity contribution in [3.63, 3.8) is 0 Å². The first kappa shape index (κ1) is 20.3. The first-order valence-electron chi connectivity index (χ1n) is 7.88. The van der Waals surface area contributed by atoms with Crippen LogP contribution in [-0.2, 0) is 19.0 Å². The van der Waals surface area contributed by atoms with Crippen molar-refractivity contribution in [3.05, 3.63) is 0 Å².